The normalized spacial score (nSPS) is 11.3. The topological polar surface area (TPSA) is 49.4 Å². The average Bonchev–Trinajstić information content (AvgIpc) is 3.00. The van der Waals surface area contributed by atoms with Crippen LogP contribution in [0.1, 0.15) is 22.3 Å². The van der Waals surface area contributed by atoms with Gasteiger partial charge in [0.2, 0.25) is 0 Å². The standard InChI is InChI=1S/C34H26N4S4.2Zn/c39-31-13-5-1-9-23(31)19-35-27-17-29(37-21-25-11-3-7-15-33(25)41)30(38-22-26-12-4-8-16-34(26)42)18-28(27)36-20-24-10-2-6-14-32(24)40;;/h1-22,39-42H;;/q;2*+2/p-4. The molecular formula is C34H22N4S4Zn2. The molecule has 206 valence electrons. The Labute approximate surface area is 305 Å². The van der Waals surface area contributed by atoms with Crippen molar-refractivity contribution in [1.29, 1.82) is 0 Å². The van der Waals surface area contributed by atoms with Crippen LogP contribution in [0.3, 0.4) is 0 Å². The summed E-state index contributed by atoms with van der Waals surface area (Å²) < 4.78 is 0. The Morgan fingerprint density at radius 2 is 0.545 bits per heavy atom. The molecule has 0 aliphatic heterocycles. The van der Waals surface area contributed by atoms with Gasteiger partial charge in [-0.25, -0.2) is 0 Å². The first-order chi connectivity index (χ1) is 20.5. The van der Waals surface area contributed by atoms with Gasteiger partial charge in [0.15, 0.2) is 0 Å². The Bertz CT molecular complexity index is 1590. The Hall–Kier alpha value is -3.09. The van der Waals surface area contributed by atoms with Crippen LogP contribution in [0.25, 0.3) is 0 Å². The van der Waals surface area contributed by atoms with Gasteiger partial charge in [0.25, 0.3) is 0 Å². The third-order valence-corrected chi connectivity index (χ3v) is 7.61. The molecule has 44 heavy (non-hydrogen) atoms. The number of nitrogens with zero attached hydrogens (tertiary/aromatic N) is 4. The fraction of sp³-hybridized carbons (Fsp3) is 0. The van der Waals surface area contributed by atoms with E-state index in [0.717, 1.165) is 22.3 Å². The van der Waals surface area contributed by atoms with Crippen molar-refractivity contribution in [1.82, 2.24) is 0 Å². The largest absolute Gasteiger partial charge is 2.00 e. The fourth-order valence-corrected chi connectivity index (χ4v) is 4.67. The molecule has 0 N–H and O–H groups in total. The maximum absolute atomic E-state index is 5.48. The summed E-state index contributed by atoms with van der Waals surface area (Å²) in [5.41, 5.74) is 5.67. The van der Waals surface area contributed by atoms with Gasteiger partial charge >= 0.3 is 39.0 Å². The Morgan fingerprint density at radius 3 is 0.750 bits per heavy atom. The second kappa shape index (κ2) is 17.4. The van der Waals surface area contributed by atoms with Gasteiger partial charge in [-0.2, -0.15) is 19.6 Å². The molecule has 5 aromatic carbocycles. The molecule has 0 saturated heterocycles. The minimum atomic E-state index is 0. The van der Waals surface area contributed by atoms with E-state index in [1.165, 1.54) is 0 Å². The molecule has 5 aromatic rings. The van der Waals surface area contributed by atoms with Crippen molar-refractivity contribution < 1.29 is 39.0 Å². The van der Waals surface area contributed by atoms with Gasteiger partial charge in [-0.1, -0.05) is 97.1 Å². The van der Waals surface area contributed by atoms with E-state index in [1.807, 2.05) is 109 Å². The van der Waals surface area contributed by atoms with Crippen molar-refractivity contribution in [3.8, 4) is 0 Å². The van der Waals surface area contributed by atoms with Crippen molar-refractivity contribution in [2.75, 3.05) is 0 Å². The van der Waals surface area contributed by atoms with E-state index in [0.29, 0.717) is 42.3 Å². The number of rotatable bonds is 8. The molecule has 4 nitrogen and oxygen atoms in total. The van der Waals surface area contributed by atoms with Crippen molar-refractivity contribution in [3.05, 3.63) is 131 Å². The van der Waals surface area contributed by atoms with Gasteiger partial charge in [-0.05, 0) is 34.4 Å². The average molecular weight is 746 g/mol. The van der Waals surface area contributed by atoms with E-state index in [-0.39, 0.29) is 39.0 Å². The SMILES string of the molecule is [S-]c1ccccc1C=Nc1cc(N=Cc2ccccc2[S-])c(N=Cc2ccccc2[S-])cc1N=Cc1ccccc1[S-].[Zn+2].[Zn+2]. The maximum Gasteiger partial charge on any atom is 2.00 e. The monoisotopic (exact) mass is 742 g/mol. The van der Waals surface area contributed by atoms with E-state index in [4.69, 9.17) is 70.5 Å². The molecule has 5 rings (SSSR count). The van der Waals surface area contributed by atoms with E-state index in [9.17, 15) is 0 Å². The Morgan fingerprint density at radius 1 is 0.341 bits per heavy atom. The third kappa shape index (κ3) is 9.45. The first kappa shape index (κ1) is 35.4. The zero-order chi connectivity index (χ0) is 29.3. The van der Waals surface area contributed by atoms with Gasteiger partial charge in [-0.15, -0.1) is 0 Å². The van der Waals surface area contributed by atoms with E-state index < -0.39 is 0 Å². The van der Waals surface area contributed by atoms with Crippen LogP contribution in [-0.4, -0.2) is 24.9 Å². The van der Waals surface area contributed by atoms with Crippen molar-refractivity contribution >= 4 is 98.1 Å². The van der Waals surface area contributed by atoms with Crippen LogP contribution in [0.5, 0.6) is 0 Å². The second-order valence-corrected chi connectivity index (χ2v) is 10.8. The molecule has 0 aliphatic carbocycles. The summed E-state index contributed by atoms with van der Waals surface area (Å²) in [6.45, 7) is 0. The van der Waals surface area contributed by atoms with Gasteiger partial charge < -0.3 is 50.5 Å². The van der Waals surface area contributed by atoms with Gasteiger partial charge in [0, 0.05) is 24.9 Å². The fourth-order valence-electron chi connectivity index (χ4n) is 3.87. The van der Waals surface area contributed by atoms with E-state index in [2.05, 4.69) is 0 Å². The zero-order valence-corrected chi connectivity index (χ0v) is 32.7. The molecule has 10 heteroatoms. The molecule has 0 atom stereocenters. The molecule has 0 amide bonds. The minimum absolute atomic E-state index is 0. The van der Waals surface area contributed by atoms with Gasteiger partial charge in [0.05, 0.1) is 22.7 Å². The Kier molecular flexibility index (Phi) is 14.0. The predicted molar refractivity (Wildman–Crippen MR) is 184 cm³/mol. The third-order valence-electron chi connectivity index (χ3n) is 6.12. The van der Waals surface area contributed by atoms with Crippen LogP contribution in [-0.2, 0) is 89.5 Å². The second-order valence-electron chi connectivity index (χ2n) is 9.01. The van der Waals surface area contributed by atoms with Crippen LogP contribution < -0.4 is 0 Å². The molecule has 0 unspecified atom stereocenters. The minimum Gasteiger partial charge on any atom is -0.779 e. The van der Waals surface area contributed by atoms with Crippen molar-refractivity contribution in [3.63, 3.8) is 0 Å². The molecule has 0 aliphatic rings. The molecule has 0 aromatic heterocycles. The number of hydrogen-bond donors (Lipinski definition) is 0. The molecule has 0 bridgehead atoms. The summed E-state index contributed by atoms with van der Waals surface area (Å²) in [7, 11) is 0. The summed E-state index contributed by atoms with van der Waals surface area (Å²) in [4.78, 5) is 22.0. The Balaban J connectivity index is 0.00000264. The number of benzene rings is 5. The summed E-state index contributed by atoms with van der Waals surface area (Å²) in [6, 6.07) is 34.2. The van der Waals surface area contributed by atoms with Crippen LogP contribution >= 0.6 is 0 Å². The van der Waals surface area contributed by atoms with E-state index in [1.54, 1.807) is 24.9 Å². The first-order valence-corrected chi connectivity index (χ1v) is 14.5. The summed E-state index contributed by atoms with van der Waals surface area (Å²) in [6.07, 6.45) is 6.94. The van der Waals surface area contributed by atoms with Crippen LogP contribution in [0.15, 0.2) is 149 Å². The van der Waals surface area contributed by atoms with Crippen LogP contribution in [0, 0.1) is 0 Å². The van der Waals surface area contributed by atoms with Crippen LogP contribution in [0.4, 0.5) is 22.7 Å². The van der Waals surface area contributed by atoms with Crippen molar-refractivity contribution in [2.45, 2.75) is 19.6 Å². The summed E-state index contributed by atoms with van der Waals surface area (Å²) in [5.74, 6) is 0. The molecule has 0 heterocycles. The van der Waals surface area contributed by atoms with Gasteiger partial charge in [-0.3, -0.25) is 20.0 Å². The number of aliphatic imine (C=N–C) groups is 4. The van der Waals surface area contributed by atoms with Crippen molar-refractivity contribution in [2.24, 2.45) is 20.0 Å². The smallest absolute Gasteiger partial charge is 0.779 e. The van der Waals surface area contributed by atoms with E-state index >= 15 is 0 Å². The first-order valence-electron chi connectivity index (χ1n) is 12.9. The summed E-state index contributed by atoms with van der Waals surface area (Å²) >= 11 is 21.9. The quantitative estimate of drug-likeness (QED) is 0.0912. The molecular weight excluding hydrogens is 723 g/mol. The molecule has 0 saturated carbocycles. The van der Waals surface area contributed by atoms with Crippen LogP contribution in [0.2, 0.25) is 0 Å². The zero-order valence-electron chi connectivity index (χ0n) is 23.5. The molecule has 0 radical (unpaired) electrons. The molecule has 0 spiro atoms. The summed E-state index contributed by atoms with van der Waals surface area (Å²) in [5, 5.41) is 0. The maximum atomic E-state index is 5.48. The number of hydrogen-bond acceptors (Lipinski definition) is 8. The predicted octanol–water partition coefficient (Wildman–Crippen LogP) is 8.31. The van der Waals surface area contributed by atoms with Gasteiger partial charge in [0.1, 0.15) is 0 Å². The molecule has 0 fully saturated rings.